The Balaban J connectivity index is 2.52. The van der Waals surface area contributed by atoms with E-state index < -0.39 is 0 Å². The largest absolute Gasteiger partial charge is 0.353 e. The highest BCUT2D eigenvalue weighted by Crippen LogP contribution is 2.35. The van der Waals surface area contributed by atoms with Crippen molar-refractivity contribution >= 4 is 5.91 Å². The van der Waals surface area contributed by atoms with E-state index in [1.165, 1.54) is 32.1 Å². The summed E-state index contributed by atoms with van der Waals surface area (Å²) in [6.07, 6.45) is 6.26. The van der Waals surface area contributed by atoms with Crippen LogP contribution in [0.15, 0.2) is 0 Å². The second kappa shape index (κ2) is 7.16. The molecule has 0 saturated heterocycles. The van der Waals surface area contributed by atoms with Crippen LogP contribution in [-0.2, 0) is 4.79 Å². The lowest BCUT2D eigenvalue weighted by Crippen LogP contribution is -2.42. The molecule has 0 aromatic carbocycles. The maximum Gasteiger partial charge on any atom is 0.222 e. The summed E-state index contributed by atoms with van der Waals surface area (Å²) in [6.45, 7) is 10.9. The van der Waals surface area contributed by atoms with Crippen molar-refractivity contribution < 1.29 is 4.79 Å². The van der Waals surface area contributed by atoms with Crippen molar-refractivity contribution in [2.75, 3.05) is 0 Å². The summed E-state index contributed by atoms with van der Waals surface area (Å²) < 4.78 is 0. The van der Waals surface area contributed by atoms with Gasteiger partial charge in [-0.15, -0.1) is 0 Å². The van der Waals surface area contributed by atoms with Crippen LogP contribution in [0.5, 0.6) is 0 Å². The molecule has 1 fully saturated rings. The minimum atomic E-state index is 0.109. The molecule has 1 saturated carbocycles. The van der Waals surface area contributed by atoms with E-state index in [1.54, 1.807) is 0 Å². The first-order chi connectivity index (χ1) is 8.45. The molecule has 106 valence electrons. The van der Waals surface area contributed by atoms with Gasteiger partial charge in [-0.3, -0.25) is 4.79 Å². The summed E-state index contributed by atoms with van der Waals surface area (Å²) >= 11 is 0. The molecule has 1 rings (SSSR count). The van der Waals surface area contributed by atoms with Gasteiger partial charge in [0.05, 0.1) is 0 Å². The fourth-order valence-electron chi connectivity index (χ4n) is 3.46. The summed E-state index contributed by atoms with van der Waals surface area (Å²) in [5.41, 5.74) is 0. The van der Waals surface area contributed by atoms with Gasteiger partial charge in [0.15, 0.2) is 0 Å². The van der Waals surface area contributed by atoms with Crippen molar-refractivity contribution in [1.29, 1.82) is 0 Å². The fraction of sp³-hybridized carbons (Fsp3) is 0.938. The van der Waals surface area contributed by atoms with E-state index in [-0.39, 0.29) is 11.8 Å². The van der Waals surface area contributed by atoms with Crippen LogP contribution in [-0.4, -0.2) is 11.9 Å². The predicted octanol–water partition coefficient (Wildman–Crippen LogP) is 4.00. The third-order valence-electron chi connectivity index (χ3n) is 4.52. The molecule has 0 heterocycles. The summed E-state index contributed by atoms with van der Waals surface area (Å²) in [5.74, 6) is 2.72. The van der Waals surface area contributed by atoms with Gasteiger partial charge in [0.25, 0.3) is 0 Å². The summed E-state index contributed by atoms with van der Waals surface area (Å²) in [4.78, 5) is 11.8. The number of rotatable bonds is 5. The summed E-state index contributed by atoms with van der Waals surface area (Å²) in [5, 5.41) is 3.23. The SMILES string of the molecule is CCC(C(C)C)C1CCCC(NC(=O)C(C)C)C1. The average molecular weight is 253 g/mol. The quantitative estimate of drug-likeness (QED) is 0.788. The van der Waals surface area contributed by atoms with Gasteiger partial charge in [-0.05, 0) is 30.6 Å². The Morgan fingerprint density at radius 3 is 2.39 bits per heavy atom. The van der Waals surface area contributed by atoms with Gasteiger partial charge in [0.1, 0.15) is 0 Å². The Kier molecular flexibility index (Phi) is 6.17. The lowest BCUT2D eigenvalue weighted by molar-refractivity contribution is -0.125. The zero-order valence-corrected chi connectivity index (χ0v) is 12.8. The van der Waals surface area contributed by atoms with Gasteiger partial charge in [0.2, 0.25) is 5.91 Å². The van der Waals surface area contributed by atoms with Crippen molar-refractivity contribution in [2.24, 2.45) is 23.7 Å². The molecule has 0 aromatic heterocycles. The molecule has 1 amide bonds. The highest BCUT2D eigenvalue weighted by atomic mass is 16.1. The smallest absolute Gasteiger partial charge is 0.222 e. The van der Waals surface area contributed by atoms with Crippen LogP contribution in [0.3, 0.4) is 0 Å². The second-order valence-corrected chi connectivity index (χ2v) is 6.60. The number of hydrogen-bond acceptors (Lipinski definition) is 1. The van der Waals surface area contributed by atoms with Crippen molar-refractivity contribution in [3.05, 3.63) is 0 Å². The van der Waals surface area contributed by atoms with E-state index >= 15 is 0 Å². The molecular weight excluding hydrogens is 222 g/mol. The highest BCUT2D eigenvalue weighted by Gasteiger charge is 2.29. The lowest BCUT2D eigenvalue weighted by atomic mass is 9.72. The maximum absolute atomic E-state index is 11.8. The Morgan fingerprint density at radius 2 is 1.89 bits per heavy atom. The van der Waals surface area contributed by atoms with E-state index in [9.17, 15) is 4.79 Å². The average Bonchev–Trinajstić information content (AvgIpc) is 2.29. The fourth-order valence-corrected chi connectivity index (χ4v) is 3.46. The first-order valence-corrected chi connectivity index (χ1v) is 7.76. The molecule has 3 unspecified atom stereocenters. The molecule has 2 nitrogen and oxygen atoms in total. The van der Waals surface area contributed by atoms with Crippen LogP contribution in [0, 0.1) is 23.7 Å². The molecule has 0 aromatic rings. The van der Waals surface area contributed by atoms with Gasteiger partial charge in [0, 0.05) is 12.0 Å². The number of carbonyl (C=O) groups excluding carboxylic acids is 1. The summed E-state index contributed by atoms with van der Waals surface area (Å²) in [6, 6.07) is 0.423. The van der Waals surface area contributed by atoms with E-state index in [1.807, 2.05) is 13.8 Å². The molecular formula is C16H31NO. The molecule has 2 heteroatoms. The molecule has 0 radical (unpaired) electrons. The zero-order valence-electron chi connectivity index (χ0n) is 12.8. The zero-order chi connectivity index (χ0) is 13.7. The van der Waals surface area contributed by atoms with Gasteiger partial charge in [-0.25, -0.2) is 0 Å². The summed E-state index contributed by atoms with van der Waals surface area (Å²) in [7, 11) is 0. The minimum Gasteiger partial charge on any atom is -0.353 e. The van der Waals surface area contributed by atoms with Crippen LogP contribution >= 0.6 is 0 Å². The molecule has 18 heavy (non-hydrogen) atoms. The van der Waals surface area contributed by atoms with Crippen molar-refractivity contribution in [3.63, 3.8) is 0 Å². The van der Waals surface area contributed by atoms with Gasteiger partial charge < -0.3 is 5.32 Å². The lowest BCUT2D eigenvalue weighted by Gasteiger charge is -2.36. The van der Waals surface area contributed by atoms with Gasteiger partial charge >= 0.3 is 0 Å². The Morgan fingerprint density at radius 1 is 1.22 bits per heavy atom. The van der Waals surface area contributed by atoms with Gasteiger partial charge in [-0.2, -0.15) is 0 Å². The monoisotopic (exact) mass is 253 g/mol. The topological polar surface area (TPSA) is 29.1 Å². The van der Waals surface area contributed by atoms with E-state index in [2.05, 4.69) is 26.1 Å². The van der Waals surface area contributed by atoms with Crippen LogP contribution in [0.2, 0.25) is 0 Å². The van der Waals surface area contributed by atoms with E-state index in [4.69, 9.17) is 0 Å². The highest BCUT2D eigenvalue weighted by molar-refractivity contribution is 5.78. The van der Waals surface area contributed by atoms with Gasteiger partial charge in [-0.1, -0.05) is 53.9 Å². The number of carbonyl (C=O) groups is 1. The van der Waals surface area contributed by atoms with E-state index in [0.29, 0.717) is 6.04 Å². The standard InChI is InChI=1S/C16H31NO/c1-6-15(11(2)3)13-8-7-9-14(10-13)17-16(18)12(4)5/h11-15H,6-10H2,1-5H3,(H,17,18). The molecule has 1 N–H and O–H groups in total. The van der Waals surface area contributed by atoms with Crippen LogP contribution < -0.4 is 5.32 Å². The van der Waals surface area contributed by atoms with Crippen molar-refractivity contribution in [1.82, 2.24) is 5.32 Å². The number of amides is 1. The Bertz CT molecular complexity index is 260. The van der Waals surface area contributed by atoms with Crippen LogP contribution in [0.4, 0.5) is 0 Å². The molecule has 3 atom stereocenters. The Labute approximate surface area is 113 Å². The maximum atomic E-state index is 11.8. The molecule has 0 bridgehead atoms. The molecule has 0 aliphatic heterocycles. The molecule has 0 spiro atoms. The van der Waals surface area contributed by atoms with Crippen molar-refractivity contribution in [2.45, 2.75) is 72.8 Å². The third kappa shape index (κ3) is 4.29. The second-order valence-electron chi connectivity index (χ2n) is 6.60. The number of hydrogen-bond donors (Lipinski definition) is 1. The molecule has 1 aliphatic rings. The first kappa shape index (κ1) is 15.5. The minimum absolute atomic E-state index is 0.109. The van der Waals surface area contributed by atoms with Crippen LogP contribution in [0.1, 0.15) is 66.7 Å². The van der Waals surface area contributed by atoms with Crippen LogP contribution in [0.25, 0.3) is 0 Å². The Hall–Kier alpha value is -0.530. The predicted molar refractivity (Wildman–Crippen MR) is 77.3 cm³/mol. The van der Waals surface area contributed by atoms with Crippen molar-refractivity contribution in [3.8, 4) is 0 Å². The molecule has 1 aliphatic carbocycles. The normalized spacial score (nSPS) is 26.4. The first-order valence-electron chi connectivity index (χ1n) is 7.76. The van der Waals surface area contributed by atoms with E-state index in [0.717, 1.165) is 17.8 Å². The third-order valence-corrected chi connectivity index (χ3v) is 4.52. The number of nitrogens with one attached hydrogen (secondary N) is 1.